The second-order valence-electron chi connectivity index (χ2n) is 5.19. The van der Waals surface area contributed by atoms with Crippen LogP contribution in [-0.4, -0.2) is 36.3 Å². The molecule has 3 heterocycles. The monoisotopic (exact) mass is 233 g/mol. The first-order chi connectivity index (χ1) is 8.22. The van der Waals surface area contributed by atoms with Gasteiger partial charge in [0, 0.05) is 31.2 Å². The van der Waals surface area contributed by atoms with Gasteiger partial charge in [0.2, 0.25) is 0 Å². The number of ether oxygens (including phenoxy) is 1. The van der Waals surface area contributed by atoms with Gasteiger partial charge in [0.25, 0.3) is 0 Å². The minimum atomic E-state index is 0.198. The van der Waals surface area contributed by atoms with E-state index in [1.165, 1.54) is 12.1 Å². The Morgan fingerprint density at radius 3 is 3.00 bits per heavy atom. The third kappa shape index (κ3) is 2.09. The van der Waals surface area contributed by atoms with Crippen LogP contribution in [0.2, 0.25) is 0 Å². The van der Waals surface area contributed by atoms with Crippen LogP contribution in [0, 0.1) is 0 Å². The van der Waals surface area contributed by atoms with E-state index in [0.29, 0.717) is 12.1 Å². The van der Waals surface area contributed by atoms with Gasteiger partial charge in [-0.25, -0.2) is 0 Å². The fourth-order valence-electron chi connectivity index (χ4n) is 2.78. The maximum absolute atomic E-state index is 5.69. The van der Waals surface area contributed by atoms with Gasteiger partial charge in [-0.15, -0.1) is 0 Å². The maximum Gasteiger partial charge on any atom is 0.140 e. The number of pyridine rings is 1. The van der Waals surface area contributed by atoms with E-state index in [2.05, 4.69) is 21.3 Å². The molecule has 0 unspecified atom stereocenters. The van der Waals surface area contributed by atoms with Crippen LogP contribution in [0.25, 0.3) is 0 Å². The molecule has 0 spiro atoms. The van der Waals surface area contributed by atoms with E-state index in [0.717, 1.165) is 18.8 Å². The highest BCUT2D eigenvalue weighted by atomic mass is 16.5. The summed E-state index contributed by atoms with van der Waals surface area (Å²) >= 11 is 0. The first-order valence-corrected chi connectivity index (χ1v) is 6.34. The summed E-state index contributed by atoms with van der Waals surface area (Å²) in [6.07, 6.45) is 5.18. The molecule has 2 bridgehead atoms. The molecule has 92 valence electrons. The molecule has 0 aliphatic carbocycles. The van der Waals surface area contributed by atoms with Crippen LogP contribution in [0.1, 0.15) is 20.3 Å². The van der Waals surface area contributed by atoms with Crippen molar-refractivity contribution in [1.29, 1.82) is 0 Å². The van der Waals surface area contributed by atoms with Crippen LogP contribution in [-0.2, 0) is 0 Å². The van der Waals surface area contributed by atoms with Crippen LogP contribution in [0.3, 0.4) is 0 Å². The molecule has 1 N–H and O–H groups in total. The summed E-state index contributed by atoms with van der Waals surface area (Å²) in [5, 5.41) is 3.51. The number of aromatic nitrogens is 1. The van der Waals surface area contributed by atoms with Gasteiger partial charge in [-0.2, -0.15) is 0 Å². The molecule has 2 saturated heterocycles. The number of piperazine rings is 1. The Balaban J connectivity index is 1.79. The average molecular weight is 233 g/mol. The molecule has 3 rings (SSSR count). The van der Waals surface area contributed by atoms with Crippen LogP contribution in [0.15, 0.2) is 18.5 Å². The third-order valence-electron chi connectivity index (χ3n) is 3.46. The van der Waals surface area contributed by atoms with Gasteiger partial charge >= 0.3 is 0 Å². The minimum Gasteiger partial charge on any atom is -0.489 e. The molecular formula is C13H19N3O. The van der Waals surface area contributed by atoms with Crippen LogP contribution in [0.5, 0.6) is 5.75 Å². The molecule has 0 aromatic carbocycles. The number of anilines is 1. The number of hydrogen-bond donors (Lipinski definition) is 1. The number of hydrogen-bond acceptors (Lipinski definition) is 4. The van der Waals surface area contributed by atoms with E-state index in [1.54, 1.807) is 6.20 Å². The van der Waals surface area contributed by atoms with Crippen LogP contribution < -0.4 is 15.0 Å². The largest absolute Gasteiger partial charge is 0.489 e. The second-order valence-corrected chi connectivity index (χ2v) is 5.19. The summed E-state index contributed by atoms with van der Waals surface area (Å²) in [5.74, 6) is 0.869. The zero-order valence-corrected chi connectivity index (χ0v) is 10.4. The SMILES string of the molecule is CC(C)Oc1cncc(N2C[C@H]3C[C@@H]2CN3)c1. The molecule has 0 radical (unpaired) electrons. The third-order valence-corrected chi connectivity index (χ3v) is 3.46. The molecule has 2 atom stereocenters. The Morgan fingerprint density at radius 2 is 2.35 bits per heavy atom. The quantitative estimate of drug-likeness (QED) is 0.856. The van der Waals surface area contributed by atoms with Gasteiger partial charge in [-0.05, 0) is 20.3 Å². The highest BCUT2D eigenvalue weighted by Gasteiger charge is 2.37. The molecule has 0 saturated carbocycles. The average Bonchev–Trinajstić information content (AvgIpc) is 2.90. The van der Waals surface area contributed by atoms with E-state index in [4.69, 9.17) is 4.74 Å². The fourth-order valence-corrected chi connectivity index (χ4v) is 2.78. The number of fused-ring (bicyclic) bond motifs is 2. The molecule has 0 amide bonds. The van der Waals surface area contributed by atoms with Gasteiger partial charge in [-0.3, -0.25) is 4.98 Å². The molecule has 2 fully saturated rings. The summed E-state index contributed by atoms with van der Waals surface area (Å²) in [7, 11) is 0. The predicted molar refractivity (Wildman–Crippen MR) is 67.5 cm³/mol. The van der Waals surface area contributed by atoms with Crippen molar-refractivity contribution >= 4 is 5.69 Å². The zero-order chi connectivity index (χ0) is 11.8. The predicted octanol–water partition coefficient (Wildman–Crippen LogP) is 1.42. The summed E-state index contributed by atoms with van der Waals surface area (Å²) < 4.78 is 5.69. The minimum absolute atomic E-state index is 0.198. The molecule has 4 nitrogen and oxygen atoms in total. The molecule has 2 aliphatic heterocycles. The van der Waals surface area contributed by atoms with Crippen molar-refractivity contribution in [2.75, 3.05) is 18.0 Å². The van der Waals surface area contributed by atoms with E-state index in [1.807, 2.05) is 20.0 Å². The van der Waals surface area contributed by atoms with E-state index < -0.39 is 0 Å². The van der Waals surface area contributed by atoms with Crippen molar-refractivity contribution in [1.82, 2.24) is 10.3 Å². The second kappa shape index (κ2) is 4.18. The zero-order valence-electron chi connectivity index (χ0n) is 10.4. The van der Waals surface area contributed by atoms with E-state index >= 15 is 0 Å². The van der Waals surface area contributed by atoms with Gasteiger partial charge < -0.3 is 15.0 Å². The van der Waals surface area contributed by atoms with Crippen molar-refractivity contribution < 1.29 is 4.74 Å². The lowest BCUT2D eigenvalue weighted by Gasteiger charge is -2.29. The Labute approximate surface area is 102 Å². The number of nitrogens with one attached hydrogen (secondary N) is 1. The molecule has 4 heteroatoms. The van der Waals surface area contributed by atoms with Gasteiger partial charge in [0.15, 0.2) is 0 Å². The molecule has 17 heavy (non-hydrogen) atoms. The highest BCUT2D eigenvalue weighted by molar-refractivity contribution is 5.51. The summed E-state index contributed by atoms with van der Waals surface area (Å²) in [5.41, 5.74) is 1.19. The number of nitrogens with zero attached hydrogens (tertiary/aromatic N) is 2. The van der Waals surface area contributed by atoms with Gasteiger partial charge in [-0.1, -0.05) is 0 Å². The van der Waals surface area contributed by atoms with Crippen molar-refractivity contribution in [2.24, 2.45) is 0 Å². The molecule has 2 aliphatic rings. The lowest BCUT2D eigenvalue weighted by atomic mass is 10.2. The Bertz CT molecular complexity index is 407. The van der Waals surface area contributed by atoms with Crippen molar-refractivity contribution in [3.63, 3.8) is 0 Å². The smallest absolute Gasteiger partial charge is 0.140 e. The first-order valence-electron chi connectivity index (χ1n) is 6.34. The standard InChI is InChI=1S/C13H19N3O/c1-9(2)17-13-4-12(5-14-7-13)16-8-10-3-11(16)6-15-10/h4-5,7,9-11,15H,3,6,8H2,1-2H3/t10-,11-/m1/s1. The normalized spacial score (nSPS) is 26.9. The molecule has 1 aromatic heterocycles. The summed E-state index contributed by atoms with van der Waals surface area (Å²) in [6.45, 7) is 6.26. The fraction of sp³-hybridized carbons (Fsp3) is 0.615. The van der Waals surface area contributed by atoms with Gasteiger partial charge in [0.1, 0.15) is 5.75 Å². The Hall–Kier alpha value is -1.29. The van der Waals surface area contributed by atoms with Gasteiger partial charge in [0.05, 0.1) is 24.2 Å². The number of rotatable bonds is 3. The lowest BCUT2D eigenvalue weighted by Crippen LogP contribution is -2.43. The summed E-state index contributed by atoms with van der Waals surface area (Å²) in [4.78, 5) is 6.72. The van der Waals surface area contributed by atoms with Crippen LogP contribution in [0.4, 0.5) is 5.69 Å². The highest BCUT2D eigenvalue weighted by Crippen LogP contribution is 2.30. The van der Waals surface area contributed by atoms with Crippen molar-refractivity contribution in [3.05, 3.63) is 18.5 Å². The molecule has 1 aromatic rings. The Morgan fingerprint density at radius 1 is 1.47 bits per heavy atom. The topological polar surface area (TPSA) is 37.4 Å². The van der Waals surface area contributed by atoms with Crippen molar-refractivity contribution in [2.45, 2.75) is 38.5 Å². The summed E-state index contributed by atoms with van der Waals surface area (Å²) in [6, 6.07) is 3.40. The lowest BCUT2D eigenvalue weighted by molar-refractivity contribution is 0.241. The first kappa shape index (κ1) is 10.8. The van der Waals surface area contributed by atoms with Crippen molar-refractivity contribution in [3.8, 4) is 5.75 Å². The van der Waals surface area contributed by atoms with E-state index in [-0.39, 0.29) is 6.10 Å². The van der Waals surface area contributed by atoms with Crippen LogP contribution >= 0.6 is 0 Å². The Kier molecular flexibility index (Phi) is 2.67. The van der Waals surface area contributed by atoms with E-state index in [9.17, 15) is 0 Å². The molecular weight excluding hydrogens is 214 g/mol. The maximum atomic E-state index is 5.69.